The molecule has 5 atom stereocenters. The van der Waals surface area contributed by atoms with Crippen LogP contribution >= 0.6 is 61.1 Å². The van der Waals surface area contributed by atoms with Crippen molar-refractivity contribution in [2.75, 3.05) is 72.9 Å². The van der Waals surface area contributed by atoms with Gasteiger partial charge in [-0.3, -0.25) is 75.2 Å². The molecule has 7 aliphatic rings. The van der Waals surface area contributed by atoms with Crippen molar-refractivity contribution in [3.8, 4) is 11.5 Å². The molecule has 16 rings (SSSR count). The van der Waals surface area contributed by atoms with Crippen molar-refractivity contribution in [3.05, 3.63) is 276 Å². The first-order valence-corrected chi connectivity index (χ1v) is 42.7. The SMILES string of the molecule is CN(C(=O)c1ccc(F)cc1)C(=S)N1CCCCC1c1cccnc1.O=C(NC(=S)N1CCCCC1c1cccnc1)N1CCOCC1.O=C(NC(=S)N1CCCCC1c1cccnc1)c1ccc(F)cc1.O=C(NC(=S)N1CCCCC1c1cccnc1)c1ccc2c(c1)OCO2.O=C(NC(=S)N1CCCCC1c1cccnc1)c1cccnc1. The summed E-state index contributed by atoms with van der Waals surface area (Å²) in [5.41, 5.74) is 7.39. The van der Waals surface area contributed by atoms with Gasteiger partial charge in [-0.25, -0.2) is 13.6 Å². The number of urea groups is 1. The number of fused-ring (bicyclic) bond motifs is 1. The predicted octanol–water partition coefficient (Wildman–Crippen LogP) is 15.0. The van der Waals surface area contributed by atoms with Gasteiger partial charge in [-0.1, -0.05) is 30.3 Å². The Labute approximate surface area is 730 Å². The molecule has 32 heteroatoms. The van der Waals surface area contributed by atoms with E-state index in [0.29, 0.717) is 85.6 Å². The molecule has 4 N–H and O–H groups in total. The minimum absolute atomic E-state index is 0.119. The van der Waals surface area contributed by atoms with Gasteiger partial charge in [-0.15, -0.1) is 0 Å². The molecule has 0 aliphatic carbocycles. The molecule has 13 heterocycles. The summed E-state index contributed by atoms with van der Waals surface area (Å²) in [7, 11) is 1.67. The van der Waals surface area contributed by atoms with Crippen LogP contribution in [0.25, 0.3) is 0 Å². The molecular weight excluding hydrogens is 1630 g/mol. The molecular formula is C89H97F2N17O8S5. The van der Waals surface area contributed by atoms with Crippen molar-refractivity contribution >= 4 is 116 Å². The van der Waals surface area contributed by atoms with Crippen LogP contribution < -0.4 is 30.7 Å². The number of nitrogens with one attached hydrogen (secondary N) is 4. The number of thiocarbonyl (C=S) groups is 5. The second-order valence-electron chi connectivity index (χ2n) is 29.5. The van der Waals surface area contributed by atoms with Gasteiger partial charge in [0.2, 0.25) is 6.79 Å². The van der Waals surface area contributed by atoms with Crippen LogP contribution in [0.3, 0.4) is 0 Å². The van der Waals surface area contributed by atoms with Gasteiger partial charge in [-0.05, 0) is 294 Å². The average molecular weight is 1730 g/mol. The first kappa shape index (κ1) is 88.9. The third-order valence-electron chi connectivity index (χ3n) is 21.7. The fourth-order valence-electron chi connectivity index (χ4n) is 15.4. The number of morpholine rings is 1. The largest absolute Gasteiger partial charge is 0.454 e. The highest BCUT2D eigenvalue weighted by atomic mass is 32.1. The summed E-state index contributed by atoms with van der Waals surface area (Å²) in [5, 5.41) is 13.6. The fourth-order valence-corrected chi connectivity index (χ4v) is 16.9. The predicted molar refractivity (Wildman–Crippen MR) is 476 cm³/mol. The smallest absolute Gasteiger partial charge is 0.323 e. The summed E-state index contributed by atoms with van der Waals surface area (Å²) >= 11 is 27.6. The van der Waals surface area contributed by atoms with Crippen molar-refractivity contribution < 1.29 is 47.0 Å². The Kier molecular flexibility index (Phi) is 33.3. The number of amides is 6. The van der Waals surface area contributed by atoms with E-state index in [1.807, 2.05) is 78.3 Å². The maximum atomic E-state index is 13.1. The topological polar surface area (TPSA) is 261 Å². The van der Waals surface area contributed by atoms with Gasteiger partial charge >= 0.3 is 6.03 Å². The lowest BCUT2D eigenvalue weighted by Gasteiger charge is -2.40. The summed E-state index contributed by atoms with van der Waals surface area (Å²) in [4.78, 5) is 101. The van der Waals surface area contributed by atoms with Crippen LogP contribution in [0, 0.1) is 11.6 Å². The number of likely N-dealkylation sites (tertiary alicyclic amines) is 5. The molecule has 7 aliphatic heterocycles. The van der Waals surface area contributed by atoms with Gasteiger partial charge in [0.15, 0.2) is 37.1 Å². The van der Waals surface area contributed by atoms with E-state index in [1.54, 1.807) is 79.5 Å². The standard InChI is InChI=1S/C19H20FN3OS.C19H19N3O3S.C18H18FN3OS.C17H18N4OS.C16H22N4O2S/c1-22(18(24)14-7-9-16(20)10-8-14)19(25)23-12-3-2-6-17(23)15-5-4-11-21-13-15;23-18(13-6-7-16-17(10-13)25-12-24-16)21-19(26)22-9-2-1-5-15(22)14-4-3-8-20-11-14;19-15-8-6-13(7-9-15)17(23)21-18(24)22-11-2-1-5-16(22)14-4-3-10-20-12-14;22-16(14-6-4-9-19-12-14)20-17(23)21-10-2-1-7-15(21)13-5-3-8-18-11-13;21-15(19-8-10-22-11-9-19)18-16(23)20-7-2-1-5-14(20)13-4-3-6-17-12-13/h4-5,7-11,13,17H,2-3,6,12H2,1H3;3-4,6-8,10-11,15H,1-2,5,9,12H2,(H,21,23,26);3-4,6-10,12,16H,1-2,5,11H2,(H,21,23,24);3-6,8-9,11-12,15H,1-2,7,10H2,(H,20,22,23);3-4,6,12,14H,1-2,5,7-11H2,(H,18,21,23). The van der Waals surface area contributed by atoms with Crippen molar-refractivity contribution in [2.45, 2.75) is 127 Å². The van der Waals surface area contributed by atoms with Crippen molar-refractivity contribution in [3.63, 3.8) is 0 Å². The number of ether oxygens (including phenoxy) is 3. The third-order valence-corrected chi connectivity index (χ3v) is 23.5. The fraction of sp³-hybridized carbons (Fsp3) is 0.348. The van der Waals surface area contributed by atoms with Gasteiger partial charge in [0.25, 0.3) is 23.6 Å². The zero-order valence-electron chi connectivity index (χ0n) is 67.1. The number of rotatable bonds is 9. The number of carbonyl (C=O) groups excluding carboxylic acids is 5. The Morgan fingerprint density at radius 1 is 0.372 bits per heavy atom. The Hall–Kier alpha value is -11.4. The number of hydrogen-bond acceptors (Lipinski definition) is 19. The highest BCUT2D eigenvalue weighted by molar-refractivity contribution is 7.81. The van der Waals surface area contributed by atoms with E-state index >= 15 is 0 Å². The van der Waals surface area contributed by atoms with Crippen LogP contribution in [-0.2, 0) is 4.74 Å². The van der Waals surface area contributed by atoms with Crippen molar-refractivity contribution in [1.82, 2.24) is 85.5 Å². The molecule has 25 nitrogen and oxygen atoms in total. The summed E-state index contributed by atoms with van der Waals surface area (Å²) in [6.45, 7) is 6.69. The van der Waals surface area contributed by atoms with Gasteiger partial charge in [0, 0.05) is 144 Å². The van der Waals surface area contributed by atoms with E-state index in [2.05, 4.69) is 89.0 Å². The second-order valence-corrected chi connectivity index (χ2v) is 31.5. The first-order chi connectivity index (χ1) is 59.0. The van der Waals surface area contributed by atoms with Crippen LogP contribution in [0.1, 0.15) is 196 Å². The molecule has 0 radical (unpaired) electrons. The van der Waals surface area contributed by atoms with Gasteiger partial charge in [0.05, 0.1) is 49.0 Å². The van der Waals surface area contributed by atoms with Gasteiger partial charge in [0.1, 0.15) is 11.6 Å². The number of carbonyl (C=O) groups is 5. The van der Waals surface area contributed by atoms with E-state index in [9.17, 15) is 32.8 Å². The van der Waals surface area contributed by atoms with Gasteiger partial charge < -0.3 is 43.6 Å². The molecule has 0 bridgehead atoms. The van der Waals surface area contributed by atoms with E-state index in [-0.39, 0.29) is 78.3 Å². The minimum atomic E-state index is -0.373. The molecule has 9 aromatic rings. The van der Waals surface area contributed by atoms with Crippen LogP contribution in [0.2, 0.25) is 0 Å². The monoisotopic (exact) mass is 1730 g/mol. The number of halogens is 2. The van der Waals surface area contributed by atoms with Crippen LogP contribution in [0.15, 0.2) is 214 Å². The number of hydrogen-bond donors (Lipinski definition) is 4. The molecule has 3 aromatic carbocycles. The van der Waals surface area contributed by atoms with E-state index in [4.69, 9.17) is 75.3 Å². The van der Waals surface area contributed by atoms with Crippen molar-refractivity contribution in [2.24, 2.45) is 0 Å². The lowest BCUT2D eigenvalue weighted by Crippen LogP contribution is -2.52. The van der Waals surface area contributed by atoms with E-state index in [1.165, 1.54) is 59.6 Å². The van der Waals surface area contributed by atoms with Crippen LogP contribution in [0.5, 0.6) is 11.5 Å². The zero-order valence-corrected chi connectivity index (χ0v) is 71.2. The molecule has 0 saturated carbocycles. The number of pyridine rings is 6. The Balaban J connectivity index is 0.000000139. The summed E-state index contributed by atoms with van der Waals surface area (Å²) in [6, 6.07) is 40.0. The second kappa shape index (κ2) is 45.3. The normalized spacial score (nSPS) is 18.5. The Bertz CT molecular complexity index is 4960. The van der Waals surface area contributed by atoms with E-state index in [0.717, 1.165) is 157 Å². The summed E-state index contributed by atoms with van der Waals surface area (Å²) in [6.07, 6.45) is 37.2. The molecule has 630 valence electrons. The quantitative estimate of drug-likeness (QED) is 0.0979. The van der Waals surface area contributed by atoms with Crippen LogP contribution in [0.4, 0.5) is 13.6 Å². The third kappa shape index (κ3) is 24.9. The molecule has 0 spiro atoms. The molecule has 6 fully saturated rings. The maximum absolute atomic E-state index is 13.1. The average Bonchev–Trinajstić information content (AvgIpc) is 1.70. The number of nitrogens with zero attached hydrogens (tertiary/aromatic N) is 13. The summed E-state index contributed by atoms with van der Waals surface area (Å²) < 4.78 is 41.9. The molecule has 5 unspecified atom stereocenters. The Morgan fingerprint density at radius 3 is 1.08 bits per heavy atom. The number of benzene rings is 3. The van der Waals surface area contributed by atoms with Crippen molar-refractivity contribution in [1.29, 1.82) is 0 Å². The zero-order chi connectivity index (χ0) is 84.8. The molecule has 6 amide bonds. The number of piperidine rings is 5. The lowest BCUT2D eigenvalue weighted by atomic mass is 9.97. The first-order valence-electron chi connectivity index (χ1n) is 40.7. The highest BCUT2D eigenvalue weighted by Gasteiger charge is 2.34. The highest BCUT2D eigenvalue weighted by Crippen LogP contribution is 2.37. The Morgan fingerprint density at radius 2 is 0.702 bits per heavy atom. The van der Waals surface area contributed by atoms with Gasteiger partial charge in [-0.2, -0.15) is 0 Å². The maximum Gasteiger partial charge on any atom is 0.323 e. The molecule has 121 heavy (non-hydrogen) atoms. The molecule has 6 aromatic heterocycles. The lowest BCUT2D eigenvalue weighted by molar-refractivity contribution is 0.0540. The van der Waals surface area contributed by atoms with Crippen LogP contribution in [-0.4, -0.2) is 192 Å². The summed E-state index contributed by atoms with van der Waals surface area (Å²) in [5.74, 6) is -0.540. The van der Waals surface area contributed by atoms with E-state index < -0.39 is 0 Å². The number of aromatic nitrogens is 6. The molecule has 6 saturated heterocycles. The minimum Gasteiger partial charge on any atom is -0.454 e.